The maximum atomic E-state index is 11.6. The van der Waals surface area contributed by atoms with Gasteiger partial charge in [-0.15, -0.1) is 0 Å². The van der Waals surface area contributed by atoms with E-state index in [4.69, 9.17) is 0 Å². The predicted octanol–water partition coefficient (Wildman–Crippen LogP) is 0.442. The molecule has 1 amide bonds. The van der Waals surface area contributed by atoms with E-state index in [1.807, 2.05) is 7.05 Å². The van der Waals surface area contributed by atoms with Crippen LogP contribution in [-0.4, -0.2) is 50.1 Å². The molecule has 1 aliphatic heterocycles. The van der Waals surface area contributed by atoms with E-state index in [0.717, 1.165) is 26.1 Å². The fourth-order valence-corrected chi connectivity index (χ4v) is 2.32. The van der Waals surface area contributed by atoms with Crippen LogP contribution in [-0.2, 0) is 4.79 Å². The monoisotopic (exact) mass is 227 g/mol. The summed E-state index contributed by atoms with van der Waals surface area (Å²) in [6, 6.07) is 0.511. The Labute approximate surface area is 98.8 Å². The summed E-state index contributed by atoms with van der Waals surface area (Å²) in [6.07, 6.45) is 2.18. The van der Waals surface area contributed by atoms with Crippen molar-refractivity contribution >= 4 is 5.91 Å². The number of hydrogen-bond acceptors (Lipinski definition) is 3. The lowest BCUT2D eigenvalue weighted by molar-refractivity contribution is -0.122. The van der Waals surface area contributed by atoms with Crippen molar-refractivity contribution in [1.82, 2.24) is 15.5 Å². The number of likely N-dealkylation sites (N-methyl/N-ethyl adjacent to an activating group) is 1. The van der Waals surface area contributed by atoms with Crippen molar-refractivity contribution in [3.05, 3.63) is 0 Å². The first-order valence-electron chi connectivity index (χ1n) is 6.36. The standard InChI is InChI=1S/C12H25N3O/c1-4-6-14-12(16)9-15(3)11-8-13-7-10(11)5-2/h10-11,13H,4-9H2,1-3H3,(H,14,16). The average molecular weight is 227 g/mol. The Morgan fingerprint density at radius 1 is 1.44 bits per heavy atom. The van der Waals surface area contributed by atoms with Gasteiger partial charge in [0.15, 0.2) is 0 Å². The van der Waals surface area contributed by atoms with E-state index < -0.39 is 0 Å². The summed E-state index contributed by atoms with van der Waals surface area (Å²) < 4.78 is 0. The highest BCUT2D eigenvalue weighted by atomic mass is 16.2. The summed E-state index contributed by atoms with van der Waals surface area (Å²) in [5.41, 5.74) is 0. The van der Waals surface area contributed by atoms with E-state index in [-0.39, 0.29) is 5.91 Å². The second kappa shape index (κ2) is 6.86. The molecule has 1 heterocycles. The van der Waals surface area contributed by atoms with Gasteiger partial charge < -0.3 is 10.6 Å². The Hall–Kier alpha value is -0.610. The molecule has 4 nitrogen and oxygen atoms in total. The molecule has 1 fully saturated rings. The maximum Gasteiger partial charge on any atom is 0.234 e. The van der Waals surface area contributed by atoms with Crippen molar-refractivity contribution in [3.8, 4) is 0 Å². The summed E-state index contributed by atoms with van der Waals surface area (Å²) in [5, 5.41) is 6.32. The largest absolute Gasteiger partial charge is 0.355 e. The Bertz CT molecular complexity index is 220. The van der Waals surface area contributed by atoms with Crippen LogP contribution in [0.2, 0.25) is 0 Å². The molecule has 0 aromatic heterocycles. The van der Waals surface area contributed by atoms with Gasteiger partial charge in [0.05, 0.1) is 6.54 Å². The lowest BCUT2D eigenvalue weighted by atomic mass is 10.00. The topological polar surface area (TPSA) is 44.4 Å². The van der Waals surface area contributed by atoms with Crippen molar-refractivity contribution in [1.29, 1.82) is 0 Å². The van der Waals surface area contributed by atoms with Crippen molar-refractivity contribution < 1.29 is 4.79 Å². The second-order valence-electron chi connectivity index (χ2n) is 4.66. The highest BCUT2D eigenvalue weighted by Gasteiger charge is 2.29. The molecule has 0 radical (unpaired) electrons. The van der Waals surface area contributed by atoms with Gasteiger partial charge in [0.25, 0.3) is 0 Å². The average Bonchev–Trinajstić information content (AvgIpc) is 2.74. The Kier molecular flexibility index (Phi) is 5.77. The molecule has 94 valence electrons. The van der Waals surface area contributed by atoms with E-state index in [9.17, 15) is 4.79 Å². The molecule has 1 rings (SSSR count). The zero-order valence-corrected chi connectivity index (χ0v) is 10.8. The molecule has 0 aromatic carbocycles. The SMILES string of the molecule is CCCNC(=O)CN(C)C1CNCC1CC. The lowest BCUT2D eigenvalue weighted by Gasteiger charge is -2.27. The Morgan fingerprint density at radius 2 is 2.19 bits per heavy atom. The van der Waals surface area contributed by atoms with Gasteiger partial charge in [-0.05, 0) is 25.9 Å². The highest BCUT2D eigenvalue weighted by Crippen LogP contribution is 2.17. The Balaban J connectivity index is 2.33. The normalized spacial score (nSPS) is 25.0. The van der Waals surface area contributed by atoms with Crippen LogP contribution < -0.4 is 10.6 Å². The minimum absolute atomic E-state index is 0.145. The first-order valence-corrected chi connectivity index (χ1v) is 6.36. The first-order chi connectivity index (χ1) is 7.69. The van der Waals surface area contributed by atoms with Gasteiger partial charge in [0.2, 0.25) is 5.91 Å². The van der Waals surface area contributed by atoms with Crippen LogP contribution in [0.3, 0.4) is 0 Å². The minimum Gasteiger partial charge on any atom is -0.355 e. The van der Waals surface area contributed by atoms with Crippen LogP contribution in [0.25, 0.3) is 0 Å². The number of amides is 1. The smallest absolute Gasteiger partial charge is 0.234 e. The third kappa shape index (κ3) is 3.76. The first kappa shape index (κ1) is 13.5. The number of nitrogens with zero attached hydrogens (tertiary/aromatic N) is 1. The summed E-state index contributed by atoms with van der Waals surface area (Å²) in [6.45, 7) is 7.68. The van der Waals surface area contributed by atoms with Crippen molar-refractivity contribution in [3.63, 3.8) is 0 Å². The highest BCUT2D eigenvalue weighted by molar-refractivity contribution is 5.77. The molecule has 0 aromatic rings. The molecular weight excluding hydrogens is 202 g/mol. The van der Waals surface area contributed by atoms with Gasteiger partial charge in [-0.25, -0.2) is 0 Å². The number of rotatable bonds is 6. The second-order valence-corrected chi connectivity index (χ2v) is 4.66. The Morgan fingerprint density at radius 3 is 2.81 bits per heavy atom. The molecule has 16 heavy (non-hydrogen) atoms. The van der Waals surface area contributed by atoms with Crippen LogP contribution >= 0.6 is 0 Å². The molecule has 1 aliphatic rings. The minimum atomic E-state index is 0.145. The molecule has 1 saturated heterocycles. The zero-order valence-electron chi connectivity index (χ0n) is 10.8. The van der Waals surface area contributed by atoms with Crippen LogP contribution in [0, 0.1) is 5.92 Å². The summed E-state index contributed by atoms with van der Waals surface area (Å²) in [4.78, 5) is 13.8. The molecule has 0 bridgehead atoms. The molecule has 0 aliphatic carbocycles. The molecule has 2 N–H and O–H groups in total. The third-order valence-electron chi connectivity index (χ3n) is 3.36. The fraction of sp³-hybridized carbons (Fsp3) is 0.917. The van der Waals surface area contributed by atoms with Gasteiger partial charge in [0, 0.05) is 19.1 Å². The van der Waals surface area contributed by atoms with E-state index >= 15 is 0 Å². The van der Waals surface area contributed by atoms with E-state index in [0.29, 0.717) is 18.5 Å². The number of carbonyl (C=O) groups is 1. The zero-order chi connectivity index (χ0) is 12.0. The van der Waals surface area contributed by atoms with Crippen molar-refractivity contribution in [2.45, 2.75) is 32.7 Å². The third-order valence-corrected chi connectivity index (χ3v) is 3.36. The molecule has 0 saturated carbocycles. The predicted molar refractivity (Wildman–Crippen MR) is 66.4 cm³/mol. The quantitative estimate of drug-likeness (QED) is 0.692. The fourth-order valence-electron chi connectivity index (χ4n) is 2.32. The molecule has 0 spiro atoms. The molecule has 2 unspecified atom stereocenters. The number of hydrogen-bond donors (Lipinski definition) is 2. The number of carbonyl (C=O) groups excluding carboxylic acids is 1. The van der Waals surface area contributed by atoms with Crippen LogP contribution in [0.5, 0.6) is 0 Å². The van der Waals surface area contributed by atoms with E-state index in [2.05, 4.69) is 29.4 Å². The van der Waals surface area contributed by atoms with Gasteiger partial charge in [-0.2, -0.15) is 0 Å². The van der Waals surface area contributed by atoms with Crippen molar-refractivity contribution in [2.75, 3.05) is 33.2 Å². The van der Waals surface area contributed by atoms with Gasteiger partial charge in [-0.1, -0.05) is 20.3 Å². The summed E-state index contributed by atoms with van der Waals surface area (Å²) >= 11 is 0. The van der Waals surface area contributed by atoms with Gasteiger partial charge in [-0.3, -0.25) is 9.69 Å². The number of nitrogens with one attached hydrogen (secondary N) is 2. The lowest BCUT2D eigenvalue weighted by Crippen LogP contribution is -2.44. The summed E-state index contributed by atoms with van der Waals surface area (Å²) in [7, 11) is 2.05. The van der Waals surface area contributed by atoms with Gasteiger partial charge >= 0.3 is 0 Å². The summed E-state index contributed by atoms with van der Waals surface area (Å²) in [5.74, 6) is 0.829. The van der Waals surface area contributed by atoms with Crippen molar-refractivity contribution in [2.24, 2.45) is 5.92 Å². The molecule has 4 heteroatoms. The molecular formula is C12H25N3O. The maximum absolute atomic E-state index is 11.6. The van der Waals surface area contributed by atoms with Crippen LogP contribution in [0.1, 0.15) is 26.7 Å². The van der Waals surface area contributed by atoms with Crippen LogP contribution in [0.15, 0.2) is 0 Å². The van der Waals surface area contributed by atoms with Crippen LogP contribution in [0.4, 0.5) is 0 Å². The van der Waals surface area contributed by atoms with E-state index in [1.165, 1.54) is 6.42 Å². The molecule has 2 atom stereocenters. The van der Waals surface area contributed by atoms with E-state index in [1.54, 1.807) is 0 Å². The van der Waals surface area contributed by atoms with Gasteiger partial charge in [0.1, 0.15) is 0 Å².